The van der Waals surface area contributed by atoms with Crippen molar-refractivity contribution >= 4 is 42.8 Å². The van der Waals surface area contributed by atoms with Crippen LogP contribution in [0.1, 0.15) is 30.4 Å². The zero-order chi connectivity index (χ0) is 21.0. The molecule has 0 aliphatic carbocycles. The number of aromatic amines is 1. The molecule has 0 bridgehead atoms. The number of benzene rings is 2. The number of carboxylic acids is 1. The van der Waals surface area contributed by atoms with Crippen LogP contribution in [0.4, 0.5) is 0 Å². The number of rotatable bonds is 9. The van der Waals surface area contributed by atoms with Gasteiger partial charge >= 0.3 is 5.97 Å². The summed E-state index contributed by atoms with van der Waals surface area (Å²) in [5.41, 5.74) is 2.66. The van der Waals surface area contributed by atoms with E-state index >= 15 is 0 Å². The van der Waals surface area contributed by atoms with Gasteiger partial charge in [0.15, 0.2) is 0 Å². The second-order valence-corrected chi connectivity index (χ2v) is 9.53. The summed E-state index contributed by atoms with van der Waals surface area (Å²) in [7, 11) is -3.97. The van der Waals surface area contributed by atoms with E-state index in [1.807, 2.05) is 24.3 Å². The molecule has 2 atom stereocenters. The number of carboxylic acid groups (broad SMARTS) is 1. The van der Waals surface area contributed by atoms with E-state index in [1.165, 1.54) is 12.1 Å². The average Bonchev–Trinajstić information content (AvgIpc) is 3.10. The lowest BCUT2D eigenvalue weighted by atomic mass is 9.99. The molecule has 29 heavy (non-hydrogen) atoms. The maximum Gasteiger partial charge on any atom is 0.322 e. The van der Waals surface area contributed by atoms with Crippen molar-refractivity contribution in [2.24, 2.45) is 0 Å². The molecule has 0 radical (unpaired) electrons. The molecule has 154 valence electrons. The van der Waals surface area contributed by atoms with Gasteiger partial charge in [-0.3, -0.25) is 4.79 Å². The highest BCUT2D eigenvalue weighted by molar-refractivity contribution is 9.09. The Bertz CT molecular complexity index is 1090. The Hall–Kier alpha value is -2.16. The van der Waals surface area contributed by atoms with Gasteiger partial charge in [-0.15, -0.1) is 0 Å². The van der Waals surface area contributed by atoms with E-state index in [0.29, 0.717) is 5.92 Å². The van der Waals surface area contributed by atoms with Gasteiger partial charge in [0.2, 0.25) is 10.0 Å². The van der Waals surface area contributed by atoms with Crippen molar-refractivity contribution in [3.8, 4) is 0 Å². The third-order valence-corrected chi connectivity index (χ3v) is 6.94. The maximum absolute atomic E-state index is 12.8. The number of aliphatic carboxylic acids is 1. The van der Waals surface area contributed by atoms with Crippen LogP contribution in [-0.2, 0) is 21.2 Å². The van der Waals surface area contributed by atoms with Gasteiger partial charge in [0.25, 0.3) is 0 Å². The SMILES string of the molecule is CC(CCBr)c1ccc(S(=O)(=O)N[C@@H](Cc2c[nH]c3ccccc23)C(=O)O)cc1. The number of carbonyl (C=O) groups is 1. The summed E-state index contributed by atoms with van der Waals surface area (Å²) >= 11 is 3.41. The molecule has 1 aromatic heterocycles. The third-order valence-electron chi connectivity index (χ3n) is 5.00. The fraction of sp³-hybridized carbons (Fsp3) is 0.286. The van der Waals surface area contributed by atoms with Crippen molar-refractivity contribution in [3.05, 3.63) is 65.9 Å². The molecule has 0 saturated heterocycles. The fourth-order valence-corrected chi connectivity index (χ4v) is 5.14. The largest absolute Gasteiger partial charge is 0.480 e. The Morgan fingerprint density at radius 1 is 1.17 bits per heavy atom. The van der Waals surface area contributed by atoms with Crippen LogP contribution >= 0.6 is 15.9 Å². The van der Waals surface area contributed by atoms with Gasteiger partial charge in [-0.2, -0.15) is 4.72 Å². The standard InChI is InChI=1S/C21H23BrN2O4S/c1-14(10-11-22)15-6-8-17(9-7-15)29(27,28)24-20(21(25)26)12-16-13-23-19-5-3-2-4-18(16)19/h2-9,13-14,20,23-24H,10-12H2,1H3,(H,25,26)/t14?,20-/m0/s1. The summed E-state index contributed by atoms with van der Waals surface area (Å²) in [5.74, 6) is -0.922. The van der Waals surface area contributed by atoms with Gasteiger partial charge in [0.05, 0.1) is 4.90 Å². The summed E-state index contributed by atoms with van der Waals surface area (Å²) in [4.78, 5) is 14.9. The Kier molecular flexibility index (Phi) is 6.77. The first-order valence-corrected chi connectivity index (χ1v) is 11.9. The van der Waals surface area contributed by atoms with E-state index in [-0.39, 0.29) is 11.3 Å². The average molecular weight is 479 g/mol. The number of aromatic nitrogens is 1. The van der Waals surface area contributed by atoms with E-state index in [1.54, 1.807) is 18.3 Å². The lowest BCUT2D eigenvalue weighted by Crippen LogP contribution is -2.42. The lowest BCUT2D eigenvalue weighted by Gasteiger charge is -2.16. The van der Waals surface area contributed by atoms with E-state index in [2.05, 4.69) is 32.6 Å². The third kappa shape index (κ3) is 5.07. The number of sulfonamides is 1. The van der Waals surface area contributed by atoms with Crippen LogP contribution in [0.2, 0.25) is 0 Å². The minimum absolute atomic E-state index is 0.0406. The Morgan fingerprint density at radius 2 is 1.86 bits per heavy atom. The lowest BCUT2D eigenvalue weighted by molar-refractivity contribution is -0.138. The molecule has 1 heterocycles. The molecule has 8 heteroatoms. The molecule has 3 N–H and O–H groups in total. The molecule has 0 spiro atoms. The van der Waals surface area contributed by atoms with E-state index < -0.39 is 22.0 Å². The summed E-state index contributed by atoms with van der Waals surface area (Å²) in [6.07, 6.45) is 2.70. The number of H-pyrrole nitrogens is 1. The molecular formula is C21H23BrN2O4S. The predicted octanol–water partition coefficient (Wildman–Crippen LogP) is 4.03. The quantitative estimate of drug-likeness (QED) is 0.404. The van der Waals surface area contributed by atoms with Crippen LogP contribution in [0, 0.1) is 0 Å². The molecule has 2 aromatic carbocycles. The van der Waals surface area contributed by atoms with Gasteiger partial charge < -0.3 is 10.1 Å². The predicted molar refractivity (Wildman–Crippen MR) is 117 cm³/mol. The zero-order valence-corrected chi connectivity index (χ0v) is 18.3. The number of fused-ring (bicyclic) bond motifs is 1. The van der Waals surface area contributed by atoms with Crippen LogP contribution in [0.25, 0.3) is 10.9 Å². The highest BCUT2D eigenvalue weighted by Crippen LogP contribution is 2.23. The van der Waals surface area contributed by atoms with Crippen LogP contribution in [0.15, 0.2) is 59.6 Å². The number of alkyl halides is 1. The van der Waals surface area contributed by atoms with Gasteiger partial charge in [0.1, 0.15) is 6.04 Å². The number of nitrogens with one attached hydrogen (secondary N) is 2. The molecule has 0 saturated carbocycles. The van der Waals surface area contributed by atoms with E-state index in [9.17, 15) is 18.3 Å². The molecular weight excluding hydrogens is 456 g/mol. The summed E-state index contributed by atoms with van der Waals surface area (Å²) in [6, 6.07) is 12.8. The molecule has 0 aliphatic heterocycles. The van der Waals surface area contributed by atoms with Crippen LogP contribution in [-0.4, -0.2) is 35.8 Å². The molecule has 1 unspecified atom stereocenters. The first kappa shape index (κ1) is 21.5. The smallest absolute Gasteiger partial charge is 0.322 e. The molecule has 0 amide bonds. The van der Waals surface area contributed by atoms with Gasteiger partial charge in [-0.05, 0) is 41.7 Å². The Balaban J connectivity index is 1.79. The van der Waals surface area contributed by atoms with E-state index in [0.717, 1.165) is 33.8 Å². The highest BCUT2D eigenvalue weighted by atomic mass is 79.9. The monoisotopic (exact) mass is 478 g/mol. The van der Waals surface area contributed by atoms with Crippen LogP contribution in [0.5, 0.6) is 0 Å². The normalized spacial score (nSPS) is 14.0. The number of halogens is 1. The molecule has 6 nitrogen and oxygen atoms in total. The second kappa shape index (κ2) is 9.11. The first-order chi connectivity index (χ1) is 13.8. The van der Waals surface area contributed by atoms with Crippen molar-refractivity contribution < 1.29 is 18.3 Å². The number of para-hydroxylation sites is 1. The number of hydrogen-bond donors (Lipinski definition) is 3. The summed E-state index contributed by atoms with van der Waals surface area (Å²) in [5, 5.41) is 11.3. The van der Waals surface area contributed by atoms with Gasteiger partial charge in [-0.25, -0.2) is 8.42 Å². The summed E-state index contributed by atoms with van der Waals surface area (Å²) < 4.78 is 27.8. The Labute approximate surface area is 178 Å². The zero-order valence-electron chi connectivity index (χ0n) is 15.9. The molecule has 0 fully saturated rings. The summed E-state index contributed by atoms with van der Waals surface area (Å²) in [6.45, 7) is 2.07. The van der Waals surface area contributed by atoms with Crippen molar-refractivity contribution in [2.45, 2.75) is 36.6 Å². The van der Waals surface area contributed by atoms with Gasteiger partial charge in [0, 0.05) is 28.9 Å². The minimum atomic E-state index is -3.97. The van der Waals surface area contributed by atoms with Crippen molar-refractivity contribution in [3.63, 3.8) is 0 Å². The minimum Gasteiger partial charge on any atom is -0.480 e. The van der Waals surface area contributed by atoms with Gasteiger partial charge in [-0.1, -0.05) is 53.2 Å². The van der Waals surface area contributed by atoms with Crippen LogP contribution < -0.4 is 4.72 Å². The van der Waals surface area contributed by atoms with Crippen LogP contribution in [0.3, 0.4) is 0 Å². The van der Waals surface area contributed by atoms with Crippen molar-refractivity contribution in [1.82, 2.24) is 9.71 Å². The highest BCUT2D eigenvalue weighted by Gasteiger charge is 2.26. The topological polar surface area (TPSA) is 99.3 Å². The Morgan fingerprint density at radius 3 is 2.52 bits per heavy atom. The molecule has 3 aromatic rings. The molecule has 3 rings (SSSR count). The number of hydrogen-bond acceptors (Lipinski definition) is 3. The maximum atomic E-state index is 12.8. The van der Waals surface area contributed by atoms with Crippen molar-refractivity contribution in [2.75, 3.05) is 5.33 Å². The first-order valence-electron chi connectivity index (χ1n) is 9.28. The molecule has 0 aliphatic rings. The fourth-order valence-electron chi connectivity index (χ4n) is 3.26. The van der Waals surface area contributed by atoms with Crippen molar-refractivity contribution in [1.29, 1.82) is 0 Å². The second-order valence-electron chi connectivity index (χ2n) is 7.02. The van der Waals surface area contributed by atoms with E-state index in [4.69, 9.17) is 0 Å².